The average molecular weight is 105 g/mol. The average Bonchev–Trinajstić information content (AvgIpc) is 1.86. The molecule has 1 fully saturated rings. The summed E-state index contributed by atoms with van der Waals surface area (Å²) in [5, 5.41) is 2.76. The second-order valence-electron chi connectivity index (χ2n) is 1.06. The highest BCUT2D eigenvalue weighted by molar-refractivity contribution is 8.13. The van der Waals surface area contributed by atoms with Crippen molar-refractivity contribution in [2.45, 2.75) is 0 Å². The molecule has 36 valence electrons. The van der Waals surface area contributed by atoms with E-state index in [2.05, 4.69) is 5.32 Å². The van der Waals surface area contributed by atoms with E-state index in [0.717, 1.165) is 12.3 Å². The summed E-state index contributed by atoms with van der Waals surface area (Å²) >= 11 is 1.35. The fourth-order valence-electron chi connectivity index (χ4n) is 0.348. The van der Waals surface area contributed by atoms with Crippen LogP contribution in [0.25, 0.3) is 0 Å². The molecule has 0 aromatic carbocycles. The maximum Gasteiger partial charge on any atom is 0.279 e. The predicted octanol–water partition coefficient (Wildman–Crippen LogP) is 0.689. The number of hydrogen-bond donors (Lipinski definition) is 1. The summed E-state index contributed by atoms with van der Waals surface area (Å²) in [4.78, 5) is 10.1. The smallest absolute Gasteiger partial charge is 0.279 e. The largest absolute Gasteiger partial charge is 0.346 e. The molecule has 0 unspecified atom stereocenters. The van der Waals surface area contributed by atoms with Gasteiger partial charge in [-0.1, -0.05) is 11.8 Å². The van der Waals surface area contributed by atoms with Gasteiger partial charge >= 0.3 is 0 Å². The summed E-state index contributed by atoms with van der Waals surface area (Å²) in [6.45, 7) is 0.851. The molecular weight excluding hydrogens is 98.1 g/mol. The Bertz CT molecular complexity index is 69.3. The highest BCUT2D eigenvalue weighted by atomic mass is 32.2. The topological polar surface area (TPSA) is 29.1 Å². The van der Waals surface area contributed by atoms with Gasteiger partial charge in [0.25, 0.3) is 5.24 Å². The summed E-state index contributed by atoms with van der Waals surface area (Å²) in [6, 6.07) is 0. The van der Waals surface area contributed by atoms with E-state index in [1.54, 1.807) is 0 Å². The predicted molar refractivity (Wildman–Crippen MR) is 28.0 cm³/mol. The van der Waals surface area contributed by atoms with Crippen LogP contribution >= 0.6 is 11.8 Å². The number of carbonyl (C=O) groups excluding carboxylic acids is 1. The molecule has 0 spiro atoms. The lowest BCUT2D eigenvalue weighted by Crippen LogP contribution is -2.10. The zero-order valence-corrected chi connectivity index (χ0v) is 4.05. The van der Waals surface area contributed by atoms with E-state index < -0.39 is 0 Å². The van der Waals surface area contributed by atoms with Crippen LogP contribution < -0.4 is 5.32 Å². The van der Waals surface area contributed by atoms with Gasteiger partial charge in [-0.3, -0.25) is 4.79 Å². The van der Waals surface area contributed by atoms with Crippen molar-refractivity contribution in [2.24, 2.45) is 0 Å². The highest BCUT2D eigenvalue weighted by Gasteiger charge is 2.06. The van der Waals surface area contributed by atoms with Gasteiger partial charge in [0.15, 0.2) is 0 Å². The van der Waals surface area contributed by atoms with Crippen LogP contribution in [0.2, 0.25) is 0 Å². The lowest BCUT2D eigenvalue weighted by atomic mass is 10.8. The maximum absolute atomic E-state index is 10.1. The van der Waals surface area contributed by atoms with E-state index in [1.165, 1.54) is 11.8 Å². The van der Waals surface area contributed by atoms with E-state index in [0.29, 0.717) is 0 Å². The first-order valence-corrected chi connectivity index (χ1v) is 2.79. The summed E-state index contributed by atoms with van der Waals surface area (Å²) in [5.41, 5.74) is 0. The number of hydrogen-bond acceptors (Lipinski definition) is 2. The van der Waals surface area contributed by atoms with Crippen molar-refractivity contribution in [1.82, 2.24) is 5.32 Å². The van der Waals surface area contributed by atoms with Crippen molar-refractivity contribution in [2.75, 3.05) is 12.3 Å². The van der Waals surface area contributed by atoms with E-state index in [9.17, 15) is 4.79 Å². The zero-order chi connectivity index (χ0) is 4.41. The SMILES string of the molecule is O=C1NCCS1.[HH]. The van der Waals surface area contributed by atoms with E-state index in [1.807, 2.05) is 0 Å². The molecule has 1 amide bonds. The van der Waals surface area contributed by atoms with Crippen molar-refractivity contribution < 1.29 is 6.22 Å². The Kier molecular flexibility index (Phi) is 1.01. The monoisotopic (exact) mass is 105 g/mol. The molecule has 1 aliphatic rings. The Morgan fingerprint density at radius 3 is 3.00 bits per heavy atom. The van der Waals surface area contributed by atoms with Crippen molar-refractivity contribution in [3.63, 3.8) is 0 Å². The summed E-state index contributed by atoms with van der Waals surface area (Å²) in [7, 11) is 0. The van der Waals surface area contributed by atoms with Crippen LogP contribution in [0.3, 0.4) is 0 Å². The minimum atomic E-state index is 0. The van der Waals surface area contributed by atoms with Crippen molar-refractivity contribution in [3.05, 3.63) is 0 Å². The van der Waals surface area contributed by atoms with Crippen LogP contribution in [-0.4, -0.2) is 17.5 Å². The van der Waals surface area contributed by atoms with Crippen LogP contribution in [0.5, 0.6) is 0 Å². The first-order chi connectivity index (χ1) is 2.89. The van der Waals surface area contributed by atoms with Gasteiger partial charge < -0.3 is 5.32 Å². The quantitative estimate of drug-likeness (QED) is 0.491. The Hall–Kier alpha value is -0.180. The third kappa shape index (κ3) is 0.653. The molecule has 0 aromatic heterocycles. The molecule has 0 aromatic rings. The third-order valence-corrected chi connectivity index (χ3v) is 1.42. The van der Waals surface area contributed by atoms with Crippen molar-refractivity contribution >= 4 is 17.0 Å². The first kappa shape index (κ1) is 3.99. The van der Waals surface area contributed by atoms with Crippen LogP contribution in [-0.2, 0) is 0 Å². The van der Waals surface area contributed by atoms with Gasteiger partial charge in [0.05, 0.1) is 0 Å². The standard InChI is InChI=1S/C3H5NOS.H2/c5-3-4-1-2-6-3;/h1-2H2,(H,4,5);1H. The number of nitrogens with one attached hydrogen (secondary N) is 1. The lowest BCUT2D eigenvalue weighted by molar-refractivity contribution is 0.262. The Morgan fingerprint density at radius 1 is 2.00 bits per heavy atom. The first-order valence-electron chi connectivity index (χ1n) is 1.80. The molecule has 3 heteroatoms. The molecule has 2 nitrogen and oxygen atoms in total. The van der Waals surface area contributed by atoms with Crippen LogP contribution in [0.15, 0.2) is 0 Å². The molecular formula is C3H7NOS. The molecule has 1 heterocycles. The minimum Gasteiger partial charge on any atom is -0.346 e. The van der Waals surface area contributed by atoms with Crippen LogP contribution in [0.1, 0.15) is 1.43 Å². The van der Waals surface area contributed by atoms with Crippen LogP contribution in [0.4, 0.5) is 4.79 Å². The van der Waals surface area contributed by atoms with Gasteiger partial charge in [-0.05, 0) is 0 Å². The number of amides is 1. The second kappa shape index (κ2) is 1.51. The fourth-order valence-corrected chi connectivity index (χ4v) is 0.941. The maximum atomic E-state index is 10.1. The molecule has 1 aliphatic heterocycles. The number of carbonyl (C=O) groups is 1. The Labute approximate surface area is 41.8 Å². The number of thioether (sulfide) groups is 1. The van der Waals surface area contributed by atoms with Gasteiger partial charge in [-0.25, -0.2) is 0 Å². The molecule has 0 radical (unpaired) electrons. The zero-order valence-electron chi connectivity index (χ0n) is 3.23. The Balaban J connectivity index is 0.000000360. The van der Waals surface area contributed by atoms with E-state index in [-0.39, 0.29) is 6.67 Å². The second-order valence-corrected chi connectivity index (χ2v) is 2.13. The number of rotatable bonds is 0. The van der Waals surface area contributed by atoms with Crippen LogP contribution in [0, 0.1) is 0 Å². The normalized spacial score (nSPS) is 21.0. The molecule has 0 atom stereocenters. The molecule has 6 heavy (non-hydrogen) atoms. The summed E-state index contributed by atoms with van der Waals surface area (Å²) < 4.78 is 0. The van der Waals surface area contributed by atoms with Crippen molar-refractivity contribution in [1.29, 1.82) is 0 Å². The Morgan fingerprint density at radius 2 is 2.83 bits per heavy atom. The van der Waals surface area contributed by atoms with E-state index >= 15 is 0 Å². The molecule has 0 saturated carbocycles. The van der Waals surface area contributed by atoms with Gasteiger partial charge in [0.1, 0.15) is 0 Å². The minimum absolute atomic E-state index is 0. The molecule has 0 bridgehead atoms. The van der Waals surface area contributed by atoms with E-state index in [4.69, 9.17) is 0 Å². The van der Waals surface area contributed by atoms with Gasteiger partial charge in [-0.2, -0.15) is 0 Å². The fraction of sp³-hybridized carbons (Fsp3) is 0.667. The van der Waals surface area contributed by atoms with Gasteiger partial charge in [-0.15, -0.1) is 0 Å². The molecule has 1 saturated heterocycles. The molecule has 1 rings (SSSR count). The molecule has 0 aliphatic carbocycles. The van der Waals surface area contributed by atoms with Crippen molar-refractivity contribution in [3.8, 4) is 0 Å². The lowest BCUT2D eigenvalue weighted by Gasteiger charge is -1.78. The highest BCUT2D eigenvalue weighted by Crippen LogP contribution is 2.04. The summed E-state index contributed by atoms with van der Waals surface area (Å²) in [5.74, 6) is 0.943. The molecule has 1 N–H and O–H groups in total. The third-order valence-electron chi connectivity index (χ3n) is 0.605. The van der Waals surface area contributed by atoms with Gasteiger partial charge in [0.2, 0.25) is 0 Å². The summed E-state index contributed by atoms with van der Waals surface area (Å²) in [6.07, 6.45) is 0. The van der Waals surface area contributed by atoms with Gasteiger partial charge in [0, 0.05) is 13.7 Å².